The van der Waals surface area contributed by atoms with E-state index in [1.54, 1.807) is 29.2 Å². The van der Waals surface area contributed by atoms with E-state index in [-0.39, 0.29) is 18.3 Å². The molecule has 2 aromatic heterocycles. The van der Waals surface area contributed by atoms with Gasteiger partial charge in [-0.3, -0.25) is 9.48 Å². The predicted molar refractivity (Wildman–Crippen MR) is 111 cm³/mol. The molecule has 4 rings (SSSR count). The minimum atomic E-state index is -0.250. The highest BCUT2D eigenvalue weighted by atomic mass is 35.5. The van der Waals surface area contributed by atoms with Crippen LogP contribution in [0.15, 0.2) is 71.4 Å². The summed E-state index contributed by atoms with van der Waals surface area (Å²) in [5.74, 6) is 1.36. The molecule has 6 nitrogen and oxygen atoms in total. The summed E-state index contributed by atoms with van der Waals surface area (Å²) >= 11 is 5.82. The van der Waals surface area contributed by atoms with Gasteiger partial charge in [-0.1, -0.05) is 41.9 Å². The van der Waals surface area contributed by atoms with Crippen molar-refractivity contribution in [2.24, 2.45) is 0 Å². The van der Waals surface area contributed by atoms with E-state index in [1.807, 2.05) is 36.4 Å². The van der Waals surface area contributed by atoms with Crippen LogP contribution in [0.4, 0.5) is 0 Å². The van der Waals surface area contributed by atoms with Gasteiger partial charge < -0.3 is 14.5 Å². The lowest BCUT2D eigenvalue weighted by atomic mass is 10.1. The molecule has 0 aliphatic carbocycles. The number of halogens is 1. The van der Waals surface area contributed by atoms with Crippen molar-refractivity contribution >= 4 is 28.3 Å². The zero-order valence-electron chi connectivity index (χ0n) is 15.7. The van der Waals surface area contributed by atoms with E-state index in [4.69, 9.17) is 20.8 Å². The Labute approximate surface area is 173 Å². The molecule has 148 valence electrons. The third-order valence-electron chi connectivity index (χ3n) is 4.44. The molecule has 0 spiro atoms. The summed E-state index contributed by atoms with van der Waals surface area (Å²) in [5, 5.41) is 9.80. The van der Waals surface area contributed by atoms with E-state index in [0.29, 0.717) is 23.9 Å². The Bertz CT molecular complexity index is 1120. The molecule has 1 N–H and O–H groups in total. The number of benzene rings is 2. The van der Waals surface area contributed by atoms with Gasteiger partial charge in [0, 0.05) is 19.3 Å². The van der Waals surface area contributed by atoms with Crippen molar-refractivity contribution in [2.75, 3.05) is 6.54 Å². The van der Waals surface area contributed by atoms with Gasteiger partial charge in [0.2, 0.25) is 0 Å². The number of ether oxygens (including phenoxy) is 1. The van der Waals surface area contributed by atoms with Crippen LogP contribution in [0.2, 0.25) is 5.02 Å². The zero-order valence-corrected chi connectivity index (χ0v) is 16.4. The highest BCUT2D eigenvalue weighted by Crippen LogP contribution is 2.21. The SMILES string of the molecule is O=C(NCCCn1cc(Cl)cn1)c1ccc(COc2ccc3ccccc3c2)o1. The Morgan fingerprint density at radius 1 is 1.14 bits per heavy atom. The van der Waals surface area contributed by atoms with Gasteiger partial charge in [-0.15, -0.1) is 0 Å². The van der Waals surface area contributed by atoms with Crippen molar-refractivity contribution in [1.29, 1.82) is 0 Å². The van der Waals surface area contributed by atoms with E-state index in [0.717, 1.165) is 22.9 Å². The Kier molecular flexibility index (Phi) is 5.81. The van der Waals surface area contributed by atoms with Crippen LogP contribution in [0.3, 0.4) is 0 Å². The van der Waals surface area contributed by atoms with E-state index < -0.39 is 0 Å². The monoisotopic (exact) mass is 409 g/mol. The highest BCUT2D eigenvalue weighted by molar-refractivity contribution is 6.30. The molecule has 0 saturated heterocycles. The third kappa shape index (κ3) is 4.97. The molecule has 4 aromatic rings. The van der Waals surface area contributed by atoms with Crippen molar-refractivity contribution in [2.45, 2.75) is 19.6 Å². The number of hydrogen-bond donors (Lipinski definition) is 1. The second-order valence-corrected chi connectivity index (χ2v) is 7.03. The molecule has 0 atom stereocenters. The van der Waals surface area contributed by atoms with Crippen LogP contribution in [0.5, 0.6) is 5.75 Å². The lowest BCUT2D eigenvalue weighted by Crippen LogP contribution is -2.24. The average molecular weight is 410 g/mol. The first-order valence-corrected chi connectivity index (χ1v) is 9.72. The smallest absolute Gasteiger partial charge is 0.286 e. The molecular weight excluding hydrogens is 390 g/mol. The molecule has 7 heteroatoms. The van der Waals surface area contributed by atoms with Crippen molar-refractivity contribution in [3.05, 3.63) is 83.5 Å². The Hall–Kier alpha value is -3.25. The van der Waals surface area contributed by atoms with Crippen LogP contribution >= 0.6 is 11.6 Å². The Morgan fingerprint density at radius 3 is 2.83 bits per heavy atom. The normalized spacial score (nSPS) is 10.9. The fourth-order valence-electron chi connectivity index (χ4n) is 2.98. The predicted octanol–water partition coefficient (Wildman–Crippen LogP) is 4.68. The second-order valence-electron chi connectivity index (χ2n) is 6.59. The lowest BCUT2D eigenvalue weighted by Gasteiger charge is -2.06. The number of aryl methyl sites for hydroxylation is 1. The van der Waals surface area contributed by atoms with Gasteiger partial charge >= 0.3 is 0 Å². The fraction of sp³-hybridized carbons (Fsp3) is 0.182. The number of aromatic nitrogens is 2. The molecule has 0 aliphatic rings. The summed E-state index contributed by atoms with van der Waals surface area (Å²) in [6, 6.07) is 17.4. The van der Waals surface area contributed by atoms with Crippen molar-refractivity contribution < 1.29 is 13.9 Å². The van der Waals surface area contributed by atoms with Gasteiger partial charge in [0.05, 0.1) is 11.2 Å². The second kappa shape index (κ2) is 8.84. The molecule has 1 amide bonds. The first-order valence-electron chi connectivity index (χ1n) is 9.34. The van der Waals surface area contributed by atoms with Gasteiger partial charge in [-0.2, -0.15) is 5.10 Å². The molecule has 2 heterocycles. The number of fused-ring (bicyclic) bond motifs is 1. The number of furan rings is 1. The molecular formula is C22H20ClN3O3. The van der Waals surface area contributed by atoms with Crippen LogP contribution < -0.4 is 10.1 Å². The Morgan fingerprint density at radius 2 is 2.00 bits per heavy atom. The summed E-state index contributed by atoms with van der Waals surface area (Å²) in [6.07, 6.45) is 4.07. The fourth-order valence-corrected chi connectivity index (χ4v) is 3.14. The van der Waals surface area contributed by atoms with Crippen molar-refractivity contribution in [1.82, 2.24) is 15.1 Å². The molecule has 29 heavy (non-hydrogen) atoms. The van der Waals surface area contributed by atoms with Crippen LogP contribution in [0, 0.1) is 0 Å². The quantitative estimate of drug-likeness (QED) is 0.429. The van der Waals surface area contributed by atoms with E-state index in [1.165, 1.54) is 0 Å². The first kappa shape index (κ1) is 19.1. The lowest BCUT2D eigenvalue weighted by molar-refractivity contribution is 0.0921. The summed E-state index contributed by atoms with van der Waals surface area (Å²) in [4.78, 5) is 12.2. The van der Waals surface area contributed by atoms with Crippen LogP contribution in [-0.4, -0.2) is 22.2 Å². The van der Waals surface area contributed by atoms with Gasteiger partial charge in [-0.25, -0.2) is 0 Å². The molecule has 2 aromatic carbocycles. The Balaban J connectivity index is 1.25. The minimum absolute atomic E-state index is 0.250. The maximum absolute atomic E-state index is 12.2. The molecule has 0 fully saturated rings. The maximum Gasteiger partial charge on any atom is 0.286 e. The van der Waals surface area contributed by atoms with Crippen molar-refractivity contribution in [3.8, 4) is 5.75 Å². The standard InChI is InChI=1S/C22H20ClN3O3/c23-18-13-25-26(14-18)11-3-10-24-22(27)21-9-8-20(29-21)15-28-19-7-6-16-4-1-2-5-17(16)12-19/h1-2,4-9,12-14H,3,10-11,15H2,(H,24,27). The topological polar surface area (TPSA) is 69.3 Å². The van der Waals surface area contributed by atoms with E-state index in [2.05, 4.69) is 16.5 Å². The van der Waals surface area contributed by atoms with Crippen molar-refractivity contribution in [3.63, 3.8) is 0 Å². The number of amides is 1. The van der Waals surface area contributed by atoms with Crippen LogP contribution in [0.1, 0.15) is 22.7 Å². The highest BCUT2D eigenvalue weighted by Gasteiger charge is 2.11. The minimum Gasteiger partial charge on any atom is -0.486 e. The zero-order chi connectivity index (χ0) is 20.1. The number of nitrogens with zero attached hydrogens (tertiary/aromatic N) is 2. The average Bonchev–Trinajstić information content (AvgIpc) is 3.38. The molecule has 0 saturated carbocycles. The van der Waals surface area contributed by atoms with Gasteiger partial charge in [0.15, 0.2) is 5.76 Å². The molecule has 0 unspecified atom stereocenters. The maximum atomic E-state index is 12.2. The number of nitrogens with one attached hydrogen (secondary N) is 1. The number of rotatable bonds is 8. The van der Waals surface area contributed by atoms with Gasteiger partial charge in [0.1, 0.15) is 18.1 Å². The summed E-state index contributed by atoms with van der Waals surface area (Å²) in [7, 11) is 0. The summed E-state index contributed by atoms with van der Waals surface area (Å²) < 4.78 is 13.1. The molecule has 0 aliphatic heterocycles. The van der Waals surface area contributed by atoms with Gasteiger partial charge in [-0.05, 0) is 41.5 Å². The third-order valence-corrected chi connectivity index (χ3v) is 4.63. The van der Waals surface area contributed by atoms with Crippen LogP contribution in [-0.2, 0) is 13.2 Å². The molecule has 0 radical (unpaired) electrons. The van der Waals surface area contributed by atoms with E-state index >= 15 is 0 Å². The van der Waals surface area contributed by atoms with E-state index in [9.17, 15) is 4.79 Å². The summed E-state index contributed by atoms with van der Waals surface area (Å²) in [5.41, 5.74) is 0. The largest absolute Gasteiger partial charge is 0.486 e. The van der Waals surface area contributed by atoms with Gasteiger partial charge in [0.25, 0.3) is 5.91 Å². The van der Waals surface area contributed by atoms with Crippen LogP contribution in [0.25, 0.3) is 10.8 Å². The first-order chi connectivity index (χ1) is 14.2. The molecule has 0 bridgehead atoms. The number of carbonyl (C=O) groups excluding carboxylic acids is 1. The summed E-state index contributed by atoms with van der Waals surface area (Å²) in [6.45, 7) is 1.45. The number of hydrogen-bond acceptors (Lipinski definition) is 4. The number of carbonyl (C=O) groups is 1.